The van der Waals surface area contributed by atoms with Crippen molar-refractivity contribution < 1.29 is 18.7 Å². The molecule has 1 N–H and O–H groups in total. The summed E-state index contributed by atoms with van der Waals surface area (Å²) in [5, 5.41) is 2.29. The van der Waals surface area contributed by atoms with Crippen molar-refractivity contribution >= 4 is 11.8 Å². The van der Waals surface area contributed by atoms with E-state index >= 15 is 0 Å². The molecule has 2 amide bonds. The smallest absolute Gasteiger partial charge is 0.230 e. The number of carbonyl (C=O) groups is 2. The number of ether oxygens (including phenoxy) is 1. The van der Waals surface area contributed by atoms with Gasteiger partial charge < -0.3 is 4.74 Å². The molecule has 2 rings (SSSR count). The highest BCUT2D eigenvalue weighted by atomic mass is 19.1. The highest BCUT2D eigenvalue weighted by Crippen LogP contribution is 2.22. The van der Waals surface area contributed by atoms with Crippen LogP contribution in [0.4, 0.5) is 4.39 Å². The van der Waals surface area contributed by atoms with E-state index in [4.69, 9.17) is 4.74 Å². The van der Waals surface area contributed by atoms with E-state index in [1.54, 1.807) is 6.07 Å². The highest BCUT2D eigenvalue weighted by molar-refractivity contribution is 5.98. The van der Waals surface area contributed by atoms with Gasteiger partial charge in [0.15, 0.2) is 11.6 Å². The molecule has 0 radical (unpaired) electrons. The number of rotatable bonds is 3. The van der Waals surface area contributed by atoms with E-state index in [9.17, 15) is 14.0 Å². The zero-order valence-corrected chi connectivity index (χ0v) is 10.0. The molecule has 0 spiro atoms. The summed E-state index contributed by atoms with van der Waals surface area (Å²) in [6, 6.07) is 4.63. The first-order chi connectivity index (χ1) is 8.60. The summed E-state index contributed by atoms with van der Waals surface area (Å²) in [6.45, 7) is 0. The largest absolute Gasteiger partial charge is 0.494 e. The Morgan fingerprint density at radius 1 is 1.44 bits per heavy atom. The summed E-state index contributed by atoms with van der Waals surface area (Å²) in [6.07, 6.45) is 1.29. The van der Waals surface area contributed by atoms with Crippen LogP contribution in [-0.2, 0) is 16.0 Å². The zero-order valence-electron chi connectivity index (χ0n) is 10.0. The Morgan fingerprint density at radius 2 is 2.22 bits per heavy atom. The van der Waals surface area contributed by atoms with E-state index in [2.05, 4.69) is 5.32 Å². The number of carbonyl (C=O) groups excluding carboxylic acids is 2. The van der Waals surface area contributed by atoms with Crippen LogP contribution in [0, 0.1) is 11.7 Å². The summed E-state index contributed by atoms with van der Waals surface area (Å²) < 4.78 is 18.3. The van der Waals surface area contributed by atoms with Gasteiger partial charge in [-0.05, 0) is 30.5 Å². The number of imide groups is 1. The molecule has 1 saturated heterocycles. The molecule has 1 aromatic rings. The molecule has 0 bridgehead atoms. The number of methoxy groups -OCH3 is 1. The third-order valence-electron chi connectivity index (χ3n) is 3.05. The monoisotopic (exact) mass is 251 g/mol. The van der Waals surface area contributed by atoms with Gasteiger partial charge in [-0.1, -0.05) is 6.07 Å². The van der Waals surface area contributed by atoms with Gasteiger partial charge in [0.2, 0.25) is 11.8 Å². The maximum atomic E-state index is 13.5. The molecule has 1 heterocycles. The predicted octanol–water partition coefficient (Wildman–Crippen LogP) is 1.43. The molecule has 0 saturated carbocycles. The van der Waals surface area contributed by atoms with Crippen LogP contribution < -0.4 is 10.1 Å². The summed E-state index contributed by atoms with van der Waals surface area (Å²) in [7, 11) is 1.40. The van der Waals surface area contributed by atoms with Crippen LogP contribution in [0.5, 0.6) is 5.75 Å². The van der Waals surface area contributed by atoms with Crippen LogP contribution >= 0.6 is 0 Å². The maximum absolute atomic E-state index is 13.5. The molecule has 1 fully saturated rings. The van der Waals surface area contributed by atoms with E-state index in [1.165, 1.54) is 19.2 Å². The van der Waals surface area contributed by atoms with Gasteiger partial charge in [0.25, 0.3) is 0 Å². The molecule has 1 aromatic carbocycles. The molecule has 1 aliphatic rings. The fraction of sp³-hybridized carbons (Fsp3) is 0.385. The van der Waals surface area contributed by atoms with Crippen molar-refractivity contribution in [1.29, 1.82) is 0 Å². The van der Waals surface area contributed by atoms with Crippen molar-refractivity contribution in [3.63, 3.8) is 0 Å². The predicted molar refractivity (Wildman–Crippen MR) is 62.5 cm³/mol. The summed E-state index contributed by atoms with van der Waals surface area (Å²) in [5.41, 5.74) is 0.725. The topological polar surface area (TPSA) is 55.4 Å². The number of nitrogens with one attached hydrogen (secondary N) is 1. The average molecular weight is 251 g/mol. The molecular weight excluding hydrogens is 237 g/mol. The van der Waals surface area contributed by atoms with E-state index in [0.29, 0.717) is 19.3 Å². The molecule has 4 nitrogen and oxygen atoms in total. The molecular formula is C13H14FNO3. The maximum Gasteiger partial charge on any atom is 0.230 e. The van der Waals surface area contributed by atoms with Gasteiger partial charge in [-0.2, -0.15) is 0 Å². The average Bonchev–Trinajstić information content (AvgIpc) is 2.33. The number of hydrogen-bond acceptors (Lipinski definition) is 3. The second-order valence-corrected chi connectivity index (χ2v) is 4.32. The Morgan fingerprint density at radius 3 is 2.83 bits per heavy atom. The van der Waals surface area contributed by atoms with Crippen molar-refractivity contribution in [2.45, 2.75) is 19.3 Å². The number of hydrogen-bond donors (Lipinski definition) is 1. The lowest BCUT2D eigenvalue weighted by Gasteiger charge is -2.20. The van der Waals surface area contributed by atoms with Crippen LogP contribution in [0.1, 0.15) is 18.4 Å². The number of amides is 2. The Labute approximate surface area is 104 Å². The fourth-order valence-electron chi connectivity index (χ4n) is 2.05. The number of piperidine rings is 1. The minimum Gasteiger partial charge on any atom is -0.494 e. The Hall–Kier alpha value is -1.91. The normalized spacial score (nSPS) is 19.6. The molecule has 96 valence electrons. The van der Waals surface area contributed by atoms with Gasteiger partial charge in [0.05, 0.1) is 7.11 Å². The van der Waals surface area contributed by atoms with Crippen LogP contribution in [-0.4, -0.2) is 18.9 Å². The van der Waals surface area contributed by atoms with Crippen LogP contribution in [0.25, 0.3) is 0 Å². The molecule has 1 atom stereocenters. The van der Waals surface area contributed by atoms with Crippen LogP contribution in [0.2, 0.25) is 0 Å². The van der Waals surface area contributed by atoms with Crippen molar-refractivity contribution in [3.8, 4) is 5.75 Å². The van der Waals surface area contributed by atoms with E-state index < -0.39 is 5.82 Å². The molecule has 1 aliphatic heterocycles. The third-order valence-corrected chi connectivity index (χ3v) is 3.05. The minimum absolute atomic E-state index is 0.182. The first-order valence-electron chi connectivity index (χ1n) is 5.76. The van der Waals surface area contributed by atoms with E-state index in [-0.39, 0.29) is 23.5 Å². The second-order valence-electron chi connectivity index (χ2n) is 4.32. The lowest BCUT2D eigenvalue weighted by atomic mass is 9.91. The molecule has 0 aliphatic carbocycles. The van der Waals surface area contributed by atoms with Gasteiger partial charge in [-0.3, -0.25) is 14.9 Å². The Kier molecular flexibility index (Phi) is 3.60. The molecule has 5 heteroatoms. The first kappa shape index (κ1) is 12.5. The van der Waals surface area contributed by atoms with Gasteiger partial charge >= 0.3 is 0 Å². The van der Waals surface area contributed by atoms with Crippen LogP contribution in [0.15, 0.2) is 18.2 Å². The third kappa shape index (κ3) is 2.67. The van der Waals surface area contributed by atoms with Gasteiger partial charge in [0.1, 0.15) is 0 Å². The number of benzene rings is 1. The SMILES string of the molecule is COc1ccc(CC2CCC(=O)NC2=O)cc1F. The van der Waals surface area contributed by atoms with Crippen molar-refractivity contribution in [3.05, 3.63) is 29.6 Å². The van der Waals surface area contributed by atoms with Crippen molar-refractivity contribution in [2.24, 2.45) is 5.92 Å². The fourth-order valence-corrected chi connectivity index (χ4v) is 2.05. The lowest BCUT2D eigenvalue weighted by molar-refractivity contribution is -0.136. The van der Waals surface area contributed by atoms with Gasteiger partial charge in [-0.15, -0.1) is 0 Å². The van der Waals surface area contributed by atoms with Crippen molar-refractivity contribution in [1.82, 2.24) is 5.32 Å². The number of halogens is 1. The highest BCUT2D eigenvalue weighted by Gasteiger charge is 2.26. The molecule has 18 heavy (non-hydrogen) atoms. The van der Waals surface area contributed by atoms with Crippen LogP contribution in [0.3, 0.4) is 0 Å². The zero-order chi connectivity index (χ0) is 13.1. The summed E-state index contributed by atoms with van der Waals surface area (Å²) in [5.74, 6) is -1.04. The standard InChI is InChI=1S/C13H14FNO3/c1-18-11-4-2-8(7-10(11)14)6-9-3-5-12(16)15-13(9)17/h2,4,7,9H,3,5-6H2,1H3,(H,15,16,17). The second kappa shape index (κ2) is 5.16. The lowest BCUT2D eigenvalue weighted by Crippen LogP contribution is -2.41. The first-order valence-corrected chi connectivity index (χ1v) is 5.76. The molecule has 1 unspecified atom stereocenters. The van der Waals surface area contributed by atoms with E-state index in [0.717, 1.165) is 5.56 Å². The Balaban J connectivity index is 2.07. The minimum atomic E-state index is -0.442. The van der Waals surface area contributed by atoms with Crippen molar-refractivity contribution in [2.75, 3.05) is 7.11 Å². The summed E-state index contributed by atoms with van der Waals surface area (Å²) in [4.78, 5) is 22.6. The van der Waals surface area contributed by atoms with Gasteiger partial charge in [-0.25, -0.2) is 4.39 Å². The quantitative estimate of drug-likeness (QED) is 0.827. The summed E-state index contributed by atoms with van der Waals surface area (Å²) >= 11 is 0. The van der Waals surface area contributed by atoms with E-state index in [1.807, 2.05) is 0 Å². The van der Waals surface area contributed by atoms with Gasteiger partial charge in [0, 0.05) is 12.3 Å². The molecule has 0 aromatic heterocycles. The Bertz CT molecular complexity index is 487.